The second-order valence-corrected chi connectivity index (χ2v) is 11.5. The van der Waals surface area contributed by atoms with Gasteiger partial charge < -0.3 is 63.6 Å². The number of nitrogens with zero attached hydrogens (tertiary/aromatic N) is 2. The molecule has 15 heteroatoms. The summed E-state index contributed by atoms with van der Waals surface area (Å²) in [5, 5.41) is 17.4. The number of phenolic OH excluding ortho intramolecular Hbond substituents is 1. The summed E-state index contributed by atoms with van der Waals surface area (Å²) < 4.78 is 5.65. The lowest BCUT2D eigenvalue weighted by Gasteiger charge is -2.22. The van der Waals surface area contributed by atoms with Gasteiger partial charge in [-0.2, -0.15) is 4.98 Å². The Bertz CT molecular complexity index is 1380. The summed E-state index contributed by atoms with van der Waals surface area (Å²) in [5.74, 6) is 0.138. The van der Waals surface area contributed by atoms with Gasteiger partial charge in [-0.3, -0.25) is 26.0 Å². The number of rotatable bonds is 18. The van der Waals surface area contributed by atoms with Gasteiger partial charge in [-0.15, -0.1) is 0 Å². The second kappa shape index (κ2) is 22.2. The highest BCUT2D eigenvalue weighted by molar-refractivity contribution is 5.89. The van der Waals surface area contributed by atoms with Crippen LogP contribution in [0.15, 0.2) is 47.0 Å². The quantitative estimate of drug-likeness (QED) is 0.0379. The van der Waals surface area contributed by atoms with Crippen LogP contribution in [-0.2, 0) is 22.4 Å². The third-order valence-electron chi connectivity index (χ3n) is 7.76. The van der Waals surface area contributed by atoms with Gasteiger partial charge >= 0.3 is 5.96 Å². The Morgan fingerprint density at radius 2 is 1.68 bits per heavy atom. The molecule has 3 atom stereocenters. The number of halogens is 3. The number of nitrogens with two attached hydrogens (primary N) is 2. The van der Waals surface area contributed by atoms with Gasteiger partial charge in [-0.05, 0) is 80.3 Å². The number of phenols is 1. The molecule has 12 nitrogen and oxygen atoms in total. The first-order valence-electron chi connectivity index (χ1n) is 15.3. The average Bonchev–Trinajstić information content (AvgIpc) is 3.44. The molecule has 0 aliphatic carbocycles. The van der Waals surface area contributed by atoms with Crippen LogP contribution in [0.5, 0.6) is 5.75 Å². The van der Waals surface area contributed by atoms with Gasteiger partial charge in [0, 0.05) is 25.2 Å². The molecule has 3 aromatic rings. The molecule has 0 unspecified atom stereocenters. The summed E-state index contributed by atoms with van der Waals surface area (Å²) in [7, 11) is 0. The molecule has 0 spiro atoms. The number of aryl methyl sites for hydroxylation is 2. The summed E-state index contributed by atoms with van der Waals surface area (Å²) >= 11 is 0. The smallest absolute Gasteiger partial charge is 0.338 e. The number of hydrogen-bond donors (Lipinski definition) is 7. The number of Topliss-reactive ketones (excluding diaryl/α,β-unsaturated/α-hetero) is 1. The summed E-state index contributed by atoms with van der Waals surface area (Å²) in [6, 6.07) is 12.2. The number of carbonyl (C=O) groups is 2. The molecule has 1 amide bonds. The van der Waals surface area contributed by atoms with Crippen molar-refractivity contribution in [2.45, 2.75) is 77.3 Å². The number of amides is 1. The molecule has 1 heterocycles. The highest BCUT2D eigenvalue weighted by Crippen LogP contribution is 2.26. The first kappa shape index (κ1) is 43.6. The number of hydrogen-bond acceptors (Lipinski definition) is 6. The van der Waals surface area contributed by atoms with E-state index in [1.165, 1.54) is 0 Å². The topological polar surface area (TPSA) is 227 Å². The van der Waals surface area contributed by atoms with E-state index in [1.54, 1.807) is 12.1 Å². The van der Waals surface area contributed by atoms with Crippen molar-refractivity contribution in [3.8, 4) is 5.75 Å². The van der Waals surface area contributed by atoms with Crippen molar-refractivity contribution in [3.05, 3.63) is 76.4 Å². The first-order chi connectivity index (χ1) is 21.1. The number of unbranched alkanes of at least 4 members (excludes halogenated alkanes) is 1. The van der Waals surface area contributed by atoms with E-state index in [-0.39, 0.29) is 67.0 Å². The van der Waals surface area contributed by atoms with E-state index in [9.17, 15) is 14.7 Å². The number of aromatic hydroxyl groups is 1. The minimum absolute atomic E-state index is 0. The van der Waals surface area contributed by atoms with Gasteiger partial charge in [0.05, 0.1) is 13.1 Å². The standard InChI is InChI=1S/C32H46N8O4.3ClH/c1-20-15-24(41)16-21(2)25(20)18-23(19-28(42)26(34)11-8-14-37-32(35)36)30(43)38-27(12-6-7-13-33)31-39-29(40-44-31)17-22-9-4-3-5-10-22;;;/h3-5,9-10,15-16,23,26-27,41H,6-8,11-14,17-19,33-34H2,1-2H3,(H,38,43)(H4,35,36,37);3*1H/t23-,26-,27+;;;/m1.../s1. The molecule has 47 heavy (non-hydrogen) atoms. The third-order valence-corrected chi connectivity index (χ3v) is 7.76. The van der Waals surface area contributed by atoms with Crippen LogP contribution >= 0.6 is 0 Å². The van der Waals surface area contributed by atoms with Crippen LogP contribution < -0.4 is 70.5 Å². The van der Waals surface area contributed by atoms with Crippen molar-refractivity contribution in [1.82, 2.24) is 15.5 Å². The molecule has 3 rings (SSSR count). The Morgan fingerprint density at radius 1 is 1.02 bits per heavy atom. The van der Waals surface area contributed by atoms with Gasteiger partial charge in [0.15, 0.2) is 11.6 Å². The van der Waals surface area contributed by atoms with E-state index < -0.39 is 18.0 Å². The zero-order chi connectivity index (χ0) is 32.1. The number of benzene rings is 2. The molecule has 0 aliphatic heterocycles. The Morgan fingerprint density at radius 3 is 2.30 bits per heavy atom. The molecule has 0 fully saturated rings. The SMILES string of the molecule is Cc1cc(O)cc(C)c1C[C@H](CC(=O)[C@H]([NH3+])CCC[NH+]=C(N)N)C(=O)N[C@@H](CCCC[NH3+])c1nc(Cc2ccccc2)no1.[Cl-].[Cl-].[Cl-]. The van der Waals surface area contributed by atoms with Gasteiger partial charge in [0.2, 0.25) is 11.8 Å². The zero-order valence-electron chi connectivity index (χ0n) is 27.1. The van der Waals surface area contributed by atoms with Gasteiger partial charge in [-0.1, -0.05) is 35.5 Å². The first-order valence-corrected chi connectivity index (χ1v) is 15.3. The Hall–Kier alpha value is -3.42. The van der Waals surface area contributed by atoms with Crippen molar-refractivity contribution in [1.29, 1.82) is 0 Å². The normalized spacial score (nSPS) is 12.3. The predicted octanol–water partition coefficient (Wildman–Crippen LogP) is -9.87. The van der Waals surface area contributed by atoms with Crippen molar-refractivity contribution < 1.29 is 72.9 Å². The summed E-state index contributed by atoms with van der Waals surface area (Å²) in [6.45, 7) is 5.09. The Balaban J connectivity index is 0.00000705. The fourth-order valence-electron chi connectivity index (χ4n) is 5.28. The number of quaternary nitrogens is 2. The fourth-order valence-corrected chi connectivity index (χ4v) is 5.28. The maximum Gasteiger partial charge on any atom is 0.338 e. The van der Waals surface area contributed by atoms with Crippen molar-refractivity contribution in [2.75, 3.05) is 13.1 Å². The fraction of sp³-hybridized carbons (Fsp3) is 0.469. The zero-order valence-corrected chi connectivity index (χ0v) is 29.4. The van der Waals surface area contributed by atoms with Gasteiger partial charge in [0.1, 0.15) is 17.8 Å². The molecular weight excluding hydrogens is 667 g/mol. The molecule has 0 bridgehead atoms. The molecule has 0 saturated carbocycles. The van der Waals surface area contributed by atoms with Crippen molar-refractivity contribution in [3.63, 3.8) is 0 Å². The lowest BCUT2D eigenvalue weighted by molar-refractivity contribution is -0.463. The maximum atomic E-state index is 14.0. The third kappa shape index (κ3) is 14.5. The van der Waals surface area contributed by atoms with E-state index in [4.69, 9.17) is 16.0 Å². The summed E-state index contributed by atoms with van der Waals surface area (Å²) in [4.78, 5) is 34.8. The van der Waals surface area contributed by atoms with Crippen LogP contribution in [0.4, 0.5) is 0 Å². The van der Waals surface area contributed by atoms with Crippen LogP contribution in [0.1, 0.15) is 78.5 Å². The molecule has 0 saturated heterocycles. The maximum absolute atomic E-state index is 14.0. The summed E-state index contributed by atoms with van der Waals surface area (Å²) in [5.41, 5.74) is 22.6. The van der Waals surface area contributed by atoms with Crippen molar-refractivity contribution >= 4 is 17.6 Å². The van der Waals surface area contributed by atoms with Gasteiger partial charge in [-0.25, -0.2) is 0 Å². The van der Waals surface area contributed by atoms with Crippen LogP contribution in [-0.4, -0.2) is 52.0 Å². The lowest BCUT2D eigenvalue weighted by atomic mass is 9.87. The second-order valence-electron chi connectivity index (χ2n) is 11.5. The van der Waals surface area contributed by atoms with E-state index >= 15 is 0 Å². The van der Waals surface area contributed by atoms with E-state index in [2.05, 4.69) is 31.9 Å². The predicted molar refractivity (Wildman–Crippen MR) is 166 cm³/mol. The minimum Gasteiger partial charge on any atom is -1.00 e. The van der Waals surface area contributed by atoms with E-state index in [0.717, 1.165) is 41.6 Å². The van der Waals surface area contributed by atoms with Crippen LogP contribution in [0.2, 0.25) is 0 Å². The van der Waals surface area contributed by atoms with E-state index in [1.807, 2.05) is 44.2 Å². The molecular formula is C32H49Cl3N8O4. The van der Waals surface area contributed by atoms with Crippen molar-refractivity contribution in [2.24, 2.45) is 17.4 Å². The number of guanidine groups is 1. The lowest BCUT2D eigenvalue weighted by Crippen LogP contribution is -3.00. The number of nitrogens with one attached hydrogen (secondary N) is 2. The van der Waals surface area contributed by atoms with Crippen LogP contribution in [0, 0.1) is 19.8 Å². The highest BCUT2D eigenvalue weighted by atomic mass is 35.5. The summed E-state index contributed by atoms with van der Waals surface area (Å²) in [6.07, 6.45) is 4.34. The molecule has 262 valence electrons. The Kier molecular flexibility index (Phi) is 20.6. The van der Waals surface area contributed by atoms with Crippen LogP contribution in [0.25, 0.3) is 0 Å². The minimum atomic E-state index is -0.665. The molecule has 0 aliphatic rings. The van der Waals surface area contributed by atoms with Crippen LogP contribution in [0.3, 0.4) is 0 Å². The number of carbonyl (C=O) groups excluding carboxylic acids is 2. The molecule has 1 aromatic heterocycles. The van der Waals surface area contributed by atoms with Gasteiger partial charge in [0.25, 0.3) is 0 Å². The number of aromatic nitrogens is 2. The largest absolute Gasteiger partial charge is 1.00 e. The molecule has 13 N–H and O–H groups in total. The number of ketones is 1. The molecule has 0 radical (unpaired) electrons. The van der Waals surface area contributed by atoms with E-state index in [0.29, 0.717) is 50.4 Å². The Labute approximate surface area is 295 Å². The monoisotopic (exact) mass is 714 g/mol. The average molecular weight is 716 g/mol. The molecule has 2 aromatic carbocycles. The highest BCUT2D eigenvalue weighted by Gasteiger charge is 2.31.